The fourth-order valence-electron chi connectivity index (χ4n) is 2.06. The van der Waals surface area contributed by atoms with E-state index in [4.69, 9.17) is 4.74 Å². The maximum atomic E-state index is 11.4. The zero-order valence-corrected chi connectivity index (χ0v) is 11.6. The standard InChI is InChI=1S/C16H26O2/c1-15-11-9-7-5-3-2-4-6-8-10-12-16(17)18-14-13-15/h2-3,8,10,15H,4-7,9,11-14H2,1H3/b3-2-,10-8+. The summed E-state index contributed by atoms with van der Waals surface area (Å²) < 4.78 is 5.21. The van der Waals surface area contributed by atoms with Gasteiger partial charge >= 0.3 is 5.97 Å². The van der Waals surface area contributed by atoms with Crippen LogP contribution in [0.15, 0.2) is 24.3 Å². The highest BCUT2D eigenvalue weighted by atomic mass is 16.5. The summed E-state index contributed by atoms with van der Waals surface area (Å²) in [5.41, 5.74) is 0. The number of cyclic esters (lactones) is 1. The summed E-state index contributed by atoms with van der Waals surface area (Å²) in [6.45, 7) is 2.82. The SMILES string of the molecule is CC1CCCC/C=C\CC/C=C/CC(=O)OCC1. The van der Waals surface area contributed by atoms with Gasteiger partial charge < -0.3 is 4.74 Å². The van der Waals surface area contributed by atoms with Crippen molar-refractivity contribution in [2.45, 2.75) is 58.3 Å². The molecule has 1 rings (SSSR count). The van der Waals surface area contributed by atoms with E-state index in [0.717, 1.165) is 19.3 Å². The first kappa shape index (κ1) is 15.0. The Morgan fingerprint density at radius 1 is 1.00 bits per heavy atom. The van der Waals surface area contributed by atoms with Crippen molar-refractivity contribution in [2.24, 2.45) is 5.92 Å². The number of esters is 1. The molecule has 0 amide bonds. The second kappa shape index (κ2) is 9.93. The number of carbonyl (C=O) groups excluding carboxylic acids is 1. The third-order valence-corrected chi connectivity index (χ3v) is 3.31. The number of carbonyl (C=O) groups is 1. The van der Waals surface area contributed by atoms with E-state index in [1.54, 1.807) is 0 Å². The fourth-order valence-corrected chi connectivity index (χ4v) is 2.06. The molecule has 1 unspecified atom stereocenters. The van der Waals surface area contributed by atoms with Crippen molar-refractivity contribution in [3.63, 3.8) is 0 Å². The molecular formula is C16H26O2. The molecule has 0 radical (unpaired) electrons. The van der Waals surface area contributed by atoms with Crippen LogP contribution in [0.25, 0.3) is 0 Å². The molecule has 0 bridgehead atoms. The van der Waals surface area contributed by atoms with Crippen molar-refractivity contribution in [2.75, 3.05) is 6.61 Å². The van der Waals surface area contributed by atoms with Crippen LogP contribution in [0.2, 0.25) is 0 Å². The minimum absolute atomic E-state index is 0.0962. The van der Waals surface area contributed by atoms with Gasteiger partial charge in [0.1, 0.15) is 0 Å². The lowest BCUT2D eigenvalue weighted by Crippen LogP contribution is -2.07. The smallest absolute Gasteiger partial charge is 0.309 e. The number of ether oxygens (including phenoxy) is 1. The summed E-state index contributed by atoms with van der Waals surface area (Å²) in [5.74, 6) is 0.561. The minimum atomic E-state index is -0.0962. The van der Waals surface area contributed by atoms with E-state index in [9.17, 15) is 4.79 Å². The molecule has 0 N–H and O–H groups in total. The Balaban J connectivity index is 2.34. The molecule has 0 aromatic heterocycles. The molecule has 2 heteroatoms. The third-order valence-electron chi connectivity index (χ3n) is 3.31. The van der Waals surface area contributed by atoms with E-state index < -0.39 is 0 Å². The molecule has 102 valence electrons. The maximum absolute atomic E-state index is 11.4. The zero-order chi connectivity index (χ0) is 13.1. The lowest BCUT2D eigenvalue weighted by molar-refractivity contribution is -0.142. The van der Waals surface area contributed by atoms with Gasteiger partial charge in [0.25, 0.3) is 0 Å². The molecule has 0 saturated carbocycles. The van der Waals surface area contributed by atoms with Crippen LogP contribution < -0.4 is 0 Å². The van der Waals surface area contributed by atoms with Gasteiger partial charge in [-0.15, -0.1) is 0 Å². The third kappa shape index (κ3) is 8.10. The minimum Gasteiger partial charge on any atom is -0.465 e. The molecule has 0 spiro atoms. The van der Waals surface area contributed by atoms with Crippen molar-refractivity contribution >= 4 is 5.97 Å². The molecule has 0 aromatic rings. The molecule has 0 saturated heterocycles. The molecular weight excluding hydrogens is 224 g/mol. The molecule has 0 fully saturated rings. The average Bonchev–Trinajstić information content (AvgIpc) is 2.34. The van der Waals surface area contributed by atoms with Crippen LogP contribution in [-0.2, 0) is 9.53 Å². The topological polar surface area (TPSA) is 26.3 Å². The van der Waals surface area contributed by atoms with E-state index in [1.807, 2.05) is 6.08 Å². The van der Waals surface area contributed by atoms with Gasteiger partial charge in [0, 0.05) is 0 Å². The number of hydrogen-bond acceptors (Lipinski definition) is 2. The van der Waals surface area contributed by atoms with Crippen LogP contribution in [0.1, 0.15) is 58.3 Å². The molecule has 1 heterocycles. The van der Waals surface area contributed by atoms with Crippen LogP contribution in [-0.4, -0.2) is 12.6 Å². The van der Waals surface area contributed by atoms with E-state index in [-0.39, 0.29) is 5.97 Å². The molecule has 1 atom stereocenters. The first-order chi connectivity index (χ1) is 8.79. The van der Waals surface area contributed by atoms with Crippen molar-refractivity contribution in [1.29, 1.82) is 0 Å². The molecule has 0 aliphatic carbocycles. The van der Waals surface area contributed by atoms with Crippen LogP contribution in [0.3, 0.4) is 0 Å². The van der Waals surface area contributed by atoms with Gasteiger partial charge in [0.2, 0.25) is 0 Å². The first-order valence-corrected chi connectivity index (χ1v) is 7.24. The van der Waals surface area contributed by atoms with Crippen molar-refractivity contribution < 1.29 is 9.53 Å². The van der Waals surface area contributed by atoms with Crippen molar-refractivity contribution in [3.05, 3.63) is 24.3 Å². The lowest BCUT2D eigenvalue weighted by atomic mass is 10.00. The number of hydrogen-bond donors (Lipinski definition) is 0. The molecule has 1 aliphatic heterocycles. The molecule has 0 aromatic carbocycles. The summed E-state index contributed by atoms with van der Waals surface area (Å²) in [6, 6.07) is 0. The van der Waals surface area contributed by atoms with Gasteiger partial charge in [0.15, 0.2) is 0 Å². The van der Waals surface area contributed by atoms with Gasteiger partial charge in [0.05, 0.1) is 13.0 Å². The normalized spacial score (nSPS) is 28.3. The zero-order valence-electron chi connectivity index (χ0n) is 11.6. The Morgan fingerprint density at radius 3 is 2.56 bits per heavy atom. The monoisotopic (exact) mass is 250 g/mol. The highest BCUT2D eigenvalue weighted by Crippen LogP contribution is 2.13. The summed E-state index contributed by atoms with van der Waals surface area (Å²) >= 11 is 0. The average molecular weight is 250 g/mol. The van der Waals surface area contributed by atoms with Gasteiger partial charge in [-0.05, 0) is 38.0 Å². The number of allylic oxidation sites excluding steroid dienone is 3. The Hall–Kier alpha value is -1.05. The van der Waals surface area contributed by atoms with Crippen molar-refractivity contribution in [1.82, 2.24) is 0 Å². The summed E-state index contributed by atoms with van der Waals surface area (Å²) in [6.07, 6.45) is 17.0. The molecule has 1 aliphatic rings. The second-order valence-electron chi connectivity index (χ2n) is 5.12. The molecule has 2 nitrogen and oxygen atoms in total. The van der Waals surface area contributed by atoms with Gasteiger partial charge in [-0.1, -0.05) is 44.1 Å². The Morgan fingerprint density at radius 2 is 1.72 bits per heavy atom. The van der Waals surface area contributed by atoms with Crippen molar-refractivity contribution in [3.8, 4) is 0 Å². The van der Waals surface area contributed by atoms with E-state index >= 15 is 0 Å². The fraction of sp³-hybridized carbons (Fsp3) is 0.688. The van der Waals surface area contributed by atoms with Crippen LogP contribution in [0.4, 0.5) is 0 Å². The van der Waals surface area contributed by atoms with Gasteiger partial charge in [-0.25, -0.2) is 0 Å². The Bertz CT molecular complexity index is 279. The van der Waals surface area contributed by atoms with Crippen LogP contribution >= 0.6 is 0 Å². The first-order valence-electron chi connectivity index (χ1n) is 7.24. The summed E-state index contributed by atoms with van der Waals surface area (Å²) in [7, 11) is 0. The summed E-state index contributed by atoms with van der Waals surface area (Å²) in [4.78, 5) is 11.4. The highest BCUT2D eigenvalue weighted by molar-refractivity contribution is 5.71. The second-order valence-corrected chi connectivity index (χ2v) is 5.12. The Kier molecular flexibility index (Phi) is 8.28. The lowest BCUT2D eigenvalue weighted by Gasteiger charge is -2.11. The van der Waals surface area contributed by atoms with Gasteiger partial charge in [-0.2, -0.15) is 0 Å². The van der Waals surface area contributed by atoms with Gasteiger partial charge in [-0.3, -0.25) is 4.79 Å². The van der Waals surface area contributed by atoms with Crippen LogP contribution in [0.5, 0.6) is 0 Å². The quantitative estimate of drug-likeness (QED) is 0.470. The maximum Gasteiger partial charge on any atom is 0.309 e. The largest absolute Gasteiger partial charge is 0.465 e. The highest BCUT2D eigenvalue weighted by Gasteiger charge is 2.04. The van der Waals surface area contributed by atoms with E-state index in [2.05, 4.69) is 25.2 Å². The predicted octanol–water partition coefficient (Wildman–Crippen LogP) is 4.41. The molecule has 18 heavy (non-hydrogen) atoms. The Labute approximate surface area is 111 Å². The van der Waals surface area contributed by atoms with E-state index in [0.29, 0.717) is 18.9 Å². The van der Waals surface area contributed by atoms with Crippen LogP contribution in [0, 0.1) is 5.92 Å². The predicted molar refractivity (Wildman–Crippen MR) is 75.3 cm³/mol. The van der Waals surface area contributed by atoms with E-state index in [1.165, 1.54) is 25.7 Å². The summed E-state index contributed by atoms with van der Waals surface area (Å²) in [5, 5.41) is 0. The number of rotatable bonds is 0.